The molecule has 1 aromatic rings. The fourth-order valence-electron chi connectivity index (χ4n) is 1.91. The Morgan fingerprint density at radius 3 is 2.35 bits per heavy atom. The quantitative estimate of drug-likeness (QED) is 0.587. The SMILES string of the molecule is CCCCC(NC(=O)C(C)NC(=O)Nc1ccccc1)C(=O)O. The highest BCUT2D eigenvalue weighted by molar-refractivity contribution is 5.94. The van der Waals surface area contributed by atoms with Gasteiger partial charge in [-0.3, -0.25) is 4.79 Å². The molecule has 2 unspecified atom stereocenters. The number of hydrogen-bond acceptors (Lipinski definition) is 3. The zero-order chi connectivity index (χ0) is 17.2. The minimum Gasteiger partial charge on any atom is -0.480 e. The third kappa shape index (κ3) is 6.82. The van der Waals surface area contributed by atoms with Crippen LogP contribution in [0, 0.1) is 0 Å². The highest BCUT2D eigenvalue weighted by Gasteiger charge is 2.23. The fourth-order valence-corrected chi connectivity index (χ4v) is 1.91. The van der Waals surface area contributed by atoms with Crippen molar-refractivity contribution >= 4 is 23.6 Å². The summed E-state index contributed by atoms with van der Waals surface area (Å²) in [5.74, 6) is -1.61. The monoisotopic (exact) mass is 321 g/mol. The summed E-state index contributed by atoms with van der Waals surface area (Å²) in [7, 11) is 0. The van der Waals surface area contributed by atoms with Gasteiger partial charge in [-0.15, -0.1) is 0 Å². The van der Waals surface area contributed by atoms with Crippen LogP contribution in [0.25, 0.3) is 0 Å². The van der Waals surface area contributed by atoms with E-state index in [1.807, 2.05) is 13.0 Å². The molecule has 0 saturated carbocycles. The van der Waals surface area contributed by atoms with Gasteiger partial charge in [0, 0.05) is 5.69 Å². The number of para-hydroxylation sites is 1. The van der Waals surface area contributed by atoms with Crippen molar-refractivity contribution in [2.75, 3.05) is 5.32 Å². The van der Waals surface area contributed by atoms with Crippen LogP contribution in [0.5, 0.6) is 0 Å². The molecule has 0 heterocycles. The molecule has 0 spiro atoms. The van der Waals surface area contributed by atoms with Gasteiger partial charge < -0.3 is 21.1 Å². The lowest BCUT2D eigenvalue weighted by molar-refractivity contribution is -0.142. The molecule has 0 aliphatic heterocycles. The topological polar surface area (TPSA) is 108 Å². The number of aliphatic carboxylic acids is 1. The van der Waals surface area contributed by atoms with E-state index in [-0.39, 0.29) is 0 Å². The average molecular weight is 321 g/mol. The lowest BCUT2D eigenvalue weighted by Crippen LogP contribution is -2.51. The average Bonchev–Trinajstić information content (AvgIpc) is 2.51. The molecule has 126 valence electrons. The van der Waals surface area contributed by atoms with Gasteiger partial charge in [0.15, 0.2) is 0 Å². The second-order valence-electron chi connectivity index (χ2n) is 5.23. The number of hydrogen-bond donors (Lipinski definition) is 4. The first-order valence-electron chi connectivity index (χ1n) is 7.59. The summed E-state index contributed by atoms with van der Waals surface area (Å²) >= 11 is 0. The summed E-state index contributed by atoms with van der Waals surface area (Å²) < 4.78 is 0. The zero-order valence-electron chi connectivity index (χ0n) is 13.3. The second kappa shape index (κ2) is 9.45. The lowest BCUT2D eigenvalue weighted by atomic mass is 10.1. The van der Waals surface area contributed by atoms with E-state index in [9.17, 15) is 14.4 Å². The Kier molecular flexibility index (Phi) is 7.59. The number of rotatable bonds is 8. The Morgan fingerprint density at radius 2 is 1.78 bits per heavy atom. The van der Waals surface area contributed by atoms with Crippen LogP contribution >= 0.6 is 0 Å². The Morgan fingerprint density at radius 1 is 1.13 bits per heavy atom. The van der Waals surface area contributed by atoms with Crippen LogP contribution in [0.3, 0.4) is 0 Å². The van der Waals surface area contributed by atoms with Crippen LogP contribution in [0.4, 0.5) is 10.5 Å². The number of benzene rings is 1. The number of amides is 3. The van der Waals surface area contributed by atoms with Crippen molar-refractivity contribution in [3.8, 4) is 0 Å². The third-order valence-corrected chi connectivity index (χ3v) is 3.23. The van der Waals surface area contributed by atoms with Gasteiger partial charge >= 0.3 is 12.0 Å². The van der Waals surface area contributed by atoms with Crippen molar-refractivity contribution in [2.45, 2.75) is 45.2 Å². The van der Waals surface area contributed by atoms with Crippen LogP contribution in [-0.2, 0) is 9.59 Å². The van der Waals surface area contributed by atoms with Crippen LogP contribution in [0.2, 0.25) is 0 Å². The summed E-state index contributed by atoms with van der Waals surface area (Å²) in [6.07, 6.45) is 1.90. The van der Waals surface area contributed by atoms with Crippen LogP contribution in [0.1, 0.15) is 33.1 Å². The Labute approximate surface area is 135 Å². The molecule has 3 amide bonds. The Balaban J connectivity index is 2.48. The number of unbranched alkanes of at least 4 members (excludes halogenated alkanes) is 1. The van der Waals surface area contributed by atoms with Crippen LogP contribution in [-0.4, -0.2) is 35.1 Å². The smallest absolute Gasteiger partial charge is 0.326 e. The lowest BCUT2D eigenvalue weighted by Gasteiger charge is -2.18. The van der Waals surface area contributed by atoms with Gasteiger partial charge in [0.2, 0.25) is 5.91 Å². The first-order valence-corrected chi connectivity index (χ1v) is 7.59. The van der Waals surface area contributed by atoms with Gasteiger partial charge in [0.05, 0.1) is 0 Å². The predicted octanol–water partition coefficient (Wildman–Crippen LogP) is 1.96. The molecule has 7 nitrogen and oxygen atoms in total. The minimum absolute atomic E-state index is 0.362. The first kappa shape index (κ1) is 18.5. The van der Waals surface area contributed by atoms with Gasteiger partial charge in [0.1, 0.15) is 12.1 Å². The summed E-state index contributed by atoms with van der Waals surface area (Å²) in [6.45, 7) is 3.44. The molecule has 0 aliphatic carbocycles. The van der Waals surface area contributed by atoms with Gasteiger partial charge in [-0.05, 0) is 25.5 Å². The first-order chi connectivity index (χ1) is 10.9. The second-order valence-corrected chi connectivity index (χ2v) is 5.23. The molecule has 23 heavy (non-hydrogen) atoms. The molecule has 4 N–H and O–H groups in total. The molecule has 1 rings (SSSR count). The number of urea groups is 1. The molecule has 2 atom stereocenters. The number of carboxylic acids is 1. The predicted molar refractivity (Wildman–Crippen MR) is 87.1 cm³/mol. The maximum atomic E-state index is 12.0. The highest BCUT2D eigenvalue weighted by Crippen LogP contribution is 2.05. The summed E-state index contributed by atoms with van der Waals surface area (Å²) in [5.41, 5.74) is 0.601. The molecule has 0 aromatic heterocycles. The maximum absolute atomic E-state index is 12.0. The molecule has 0 saturated heterocycles. The Hall–Kier alpha value is -2.57. The standard InChI is InChI=1S/C16H23N3O4/c1-3-4-10-13(15(21)22)19-14(20)11(2)17-16(23)18-12-8-6-5-7-9-12/h5-9,11,13H,3-4,10H2,1-2H3,(H,19,20)(H,21,22)(H2,17,18,23). The van der Waals surface area contributed by atoms with Crippen LogP contribution in [0.15, 0.2) is 30.3 Å². The van der Waals surface area contributed by atoms with Crippen molar-refractivity contribution in [1.29, 1.82) is 0 Å². The van der Waals surface area contributed by atoms with Gasteiger partial charge in [-0.25, -0.2) is 9.59 Å². The molecule has 7 heteroatoms. The minimum atomic E-state index is -1.08. The molecule has 0 fully saturated rings. The van der Waals surface area contributed by atoms with Crippen molar-refractivity contribution in [2.24, 2.45) is 0 Å². The van der Waals surface area contributed by atoms with E-state index in [1.54, 1.807) is 24.3 Å². The summed E-state index contributed by atoms with van der Waals surface area (Å²) in [5, 5.41) is 16.6. The number of anilines is 1. The molecular weight excluding hydrogens is 298 g/mol. The van der Waals surface area contributed by atoms with Crippen LogP contribution < -0.4 is 16.0 Å². The maximum Gasteiger partial charge on any atom is 0.326 e. The van der Waals surface area contributed by atoms with E-state index in [0.717, 1.165) is 6.42 Å². The molecule has 0 aliphatic rings. The van der Waals surface area contributed by atoms with E-state index >= 15 is 0 Å². The molecule has 0 radical (unpaired) electrons. The van der Waals surface area contributed by atoms with E-state index in [1.165, 1.54) is 6.92 Å². The summed E-state index contributed by atoms with van der Waals surface area (Å²) in [4.78, 5) is 34.9. The van der Waals surface area contributed by atoms with Crippen molar-refractivity contribution in [3.63, 3.8) is 0 Å². The van der Waals surface area contributed by atoms with E-state index < -0.39 is 30.0 Å². The molecular formula is C16H23N3O4. The van der Waals surface area contributed by atoms with E-state index in [4.69, 9.17) is 5.11 Å². The van der Waals surface area contributed by atoms with E-state index in [0.29, 0.717) is 18.5 Å². The number of nitrogens with one attached hydrogen (secondary N) is 3. The summed E-state index contributed by atoms with van der Waals surface area (Å²) in [6, 6.07) is 6.49. The number of carbonyl (C=O) groups excluding carboxylic acids is 2. The zero-order valence-corrected chi connectivity index (χ0v) is 13.3. The van der Waals surface area contributed by atoms with Gasteiger partial charge in [-0.1, -0.05) is 38.0 Å². The molecule has 1 aromatic carbocycles. The largest absolute Gasteiger partial charge is 0.480 e. The molecule has 0 bridgehead atoms. The van der Waals surface area contributed by atoms with Gasteiger partial charge in [0.25, 0.3) is 0 Å². The Bertz CT molecular complexity index is 533. The van der Waals surface area contributed by atoms with Gasteiger partial charge in [-0.2, -0.15) is 0 Å². The van der Waals surface area contributed by atoms with Crippen molar-refractivity contribution in [3.05, 3.63) is 30.3 Å². The van der Waals surface area contributed by atoms with Crippen molar-refractivity contribution < 1.29 is 19.5 Å². The number of carbonyl (C=O) groups is 3. The normalized spacial score (nSPS) is 12.8. The highest BCUT2D eigenvalue weighted by atomic mass is 16.4. The van der Waals surface area contributed by atoms with Crippen molar-refractivity contribution in [1.82, 2.24) is 10.6 Å². The van der Waals surface area contributed by atoms with E-state index in [2.05, 4.69) is 16.0 Å². The third-order valence-electron chi connectivity index (χ3n) is 3.23. The number of carboxylic acid groups (broad SMARTS) is 1. The fraction of sp³-hybridized carbons (Fsp3) is 0.438.